The van der Waals surface area contributed by atoms with Crippen LogP contribution in [0, 0.1) is 67.2 Å². The Morgan fingerprint density at radius 3 is 0.758 bits per heavy atom. The van der Waals surface area contributed by atoms with Crippen LogP contribution in [0.25, 0.3) is 0 Å². The van der Waals surface area contributed by atoms with Crippen molar-refractivity contribution in [2.75, 3.05) is 53.9 Å². The maximum Gasteiger partial charge on any atom is 0.122 e. The third-order valence-electron chi connectivity index (χ3n) is 28.5. The lowest BCUT2D eigenvalue weighted by atomic mass is 9.83. The van der Waals surface area contributed by atoms with Crippen LogP contribution in [-0.2, 0) is 94.7 Å². The van der Waals surface area contributed by atoms with E-state index < -0.39 is 0 Å². The summed E-state index contributed by atoms with van der Waals surface area (Å²) in [4.78, 5) is 0. The van der Waals surface area contributed by atoms with E-state index in [1.165, 1.54) is 236 Å². The van der Waals surface area contributed by atoms with Gasteiger partial charge in [-0.15, -0.1) is 0 Å². The average molecular weight is 1690 g/mol. The minimum atomic E-state index is 0.316. The third-order valence-corrected chi connectivity index (χ3v) is 28.5. The topological polar surface area (TPSA) is 73.8 Å². The van der Waals surface area contributed by atoms with Crippen molar-refractivity contribution in [3.8, 4) is 46.0 Å². The molecule has 0 saturated carbocycles. The van der Waals surface area contributed by atoms with Crippen molar-refractivity contribution < 1.29 is 37.9 Å². The molecule has 0 N–H and O–H groups in total. The first-order valence-electron chi connectivity index (χ1n) is 48.1. The fourth-order valence-electron chi connectivity index (χ4n) is 21.2. The minimum absolute atomic E-state index is 0.316. The number of rotatable bonds is 18. The number of hydrogen-bond donors (Lipinski definition) is 0. The van der Waals surface area contributed by atoms with Crippen molar-refractivity contribution >= 4 is 0 Å². The van der Waals surface area contributed by atoms with Gasteiger partial charge in [0.05, 0.1) is 53.9 Å². The predicted octanol–water partition coefficient (Wildman–Crippen LogP) is 30.2. The summed E-state index contributed by atoms with van der Waals surface area (Å²) < 4.78 is 45.5. The molecule has 0 atom stereocenters. The second kappa shape index (κ2) is 41.5. The van der Waals surface area contributed by atoms with E-state index in [2.05, 4.69) is 305 Å². The molecule has 8 aromatic rings. The Hall–Kier alpha value is -7.84. The Labute approximate surface area is 756 Å². The van der Waals surface area contributed by atoms with Crippen molar-refractivity contribution in [3.05, 3.63) is 231 Å². The van der Waals surface area contributed by atoms with Gasteiger partial charge in [-0.05, 0) is 422 Å². The Bertz CT molecular complexity index is 4920. The van der Waals surface area contributed by atoms with Gasteiger partial charge in [0.2, 0.25) is 0 Å². The highest BCUT2D eigenvalue weighted by Gasteiger charge is 2.39. The average Bonchev–Trinajstić information content (AvgIpc) is 1.59. The second-order valence-electron chi connectivity index (χ2n) is 43.4. The van der Waals surface area contributed by atoms with E-state index in [4.69, 9.17) is 37.9 Å². The predicted molar refractivity (Wildman–Crippen MR) is 528 cm³/mol. The molecule has 0 fully saturated rings. The van der Waals surface area contributed by atoms with Crippen molar-refractivity contribution in [1.82, 2.24) is 0 Å². The van der Waals surface area contributed by atoms with Gasteiger partial charge in [-0.2, -0.15) is 0 Å². The zero-order valence-corrected chi connectivity index (χ0v) is 84.6. The van der Waals surface area contributed by atoms with E-state index in [0.29, 0.717) is 55.2 Å². The van der Waals surface area contributed by atoms with Crippen LogP contribution in [0.3, 0.4) is 0 Å². The highest BCUT2D eigenvalue weighted by atomic mass is 16.5. The van der Waals surface area contributed by atoms with E-state index in [1.807, 2.05) is 13.8 Å². The molecule has 0 aromatic heterocycles. The summed E-state index contributed by atoms with van der Waals surface area (Å²) in [6, 6.07) is 35.7. The van der Waals surface area contributed by atoms with E-state index >= 15 is 0 Å². The summed E-state index contributed by atoms with van der Waals surface area (Å²) in [6.07, 6.45) is 22.0. The second-order valence-corrected chi connectivity index (χ2v) is 43.4. The van der Waals surface area contributed by atoms with Gasteiger partial charge in [0.1, 0.15) is 46.0 Å². The summed E-state index contributed by atoms with van der Waals surface area (Å²) in [5.74, 6) is 9.65. The number of fused-ring (bicyclic) bond motifs is 8. The number of benzene rings is 8. The summed E-state index contributed by atoms with van der Waals surface area (Å²) in [5, 5.41) is 0. The van der Waals surface area contributed by atoms with Gasteiger partial charge in [-0.25, -0.2) is 0 Å². The number of ether oxygens (including phenoxy) is 8. The maximum atomic E-state index is 5.92. The fraction of sp³-hybridized carbons (Fsp3) is 0.586. The van der Waals surface area contributed by atoms with Crippen molar-refractivity contribution in [1.29, 1.82) is 0 Å². The van der Waals surface area contributed by atoms with Gasteiger partial charge in [-0.1, -0.05) is 201 Å². The first-order chi connectivity index (χ1) is 58.1. The molecule has 0 saturated heterocycles. The molecule has 8 aliphatic rings. The monoisotopic (exact) mass is 1690 g/mol. The molecule has 124 heavy (non-hydrogen) atoms. The first-order valence-corrected chi connectivity index (χ1v) is 48.1. The molecule has 0 unspecified atom stereocenters. The lowest BCUT2D eigenvalue weighted by molar-refractivity contribution is 0.268. The molecule has 8 aliphatic carbocycles. The van der Waals surface area contributed by atoms with Crippen LogP contribution in [0.15, 0.2) is 97.1 Å². The summed E-state index contributed by atoms with van der Waals surface area (Å²) in [5.41, 5.74) is 37.2. The Morgan fingerprint density at radius 1 is 0.250 bits per heavy atom. The van der Waals surface area contributed by atoms with Crippen LogP contribution >= 0.6 is 0 Å². The summed E-state index contributed by atoms with van der Waals surface area (Å²) in [7, 11) is 3.49. The molecule has 0 amide bonds. The molecular weight excluding hydrogens is 1520 g/mol. The summed E-state index contributed by atoms with van der Waals surface area (Å²) >= 11 is 0. The van der Waals surface area contributed by atoms with Crippen LogP contribution in [0.1, 0.15) is 364 Å². The van der Waals surface area contributed by atoms with Crippen LogP contribution in [-0.4, -0.2) is 53.9 Å². The van der Waals surface area contributed by atoms with Crippen LogP contribution in [0.5, 0.6) is 46.0 Å². The van der Waals surface area contributed by atoms with E-state index in [9.17, 15) is 0 Å². The Morgan fingerprint density at radius 2 is 0.468 bits per heavy atom. The molecule has 0 bridgehead atoms. The van der Waals surface area contributed by atoms with Crippen molar-refractivity contribution in [3.63, 3.8) is 0 Å². The molecule has 680 valence electrons. The lowest BCUT2D eigenvalue weighted by Gasteiger charge is -2.23. The molecule has 0 heterocycles. The van der Waals surface area contributed by atoms with Crippen molar-refractivity contribution in [2.45, 2.75) is 380 Å². The molecule has 0 radical (unpaired) electrons. The van der Waals surface area contributed by atoms with E-state index in [1.54, 1.807) is 14.2 Å². The molecule has 16 rings (SSSR count). The standard InChI is InChI=1S/2C16H24O.2C15H22O.2C14H20O.2C13H18O/c1-11(2)10-17-15-9-14-13(8-12(15)3)6-7-16(14,4)5;1-11(2)10-17-14-7-6-13-8-9-16(4,5)15(13)12(14)3;1-5-10-16-13-7-6-12-8-9-15(3,4)14(12)11(13)2;1-5-8-16-14-10-13-12(9-11(14)2)6-7-15(13,3)4;1-5-15-13-9-12-11(8-10(13)2)6-7-14(12,3)4;1-5-15-12-7-6-11-8-9-14(3,4)13(11)10(12)2;1-9-7-10-5-6-13(2,3)11(10)8-12(9)14-4;1-9-11(14-4)6-5-10-7-8-13(2,3)12(9)10/h8-9,11H,6-7,10H2,1-5H3;6-7,11H,8-10H2,1-5H3;6-7H,5,8-10H2,1-4H3;9-10H,5-8H2,1-4H3;8-9H,5-7H2,1-4H3;6-7H,5,8-9H2,1-4H3;7-8H,5-6H2,1-4H3;5-6H,7-8H2,1-4H3. The number of hydrogen-bond acceptors (Lipinski definition) is 8. The summed E-state index contributed by atoms with van der Waals surface area (Å²) in [6.45, 7) is 76.5. The Kier molecular flexibility index (Phi) is 33.4. The lowest BCUT2D eigenvalue weighted by Crippen LogP contribution is -2.15. The molecule has 8 aromatic carbocycles. The fourth-order valence-corrected chi connectivity index (χ4v) is 21.2. The number of aryl methyl sites for hydroxylation is 12. The van der Waals surface area contributed by atoms with Gasteiger partial charge < -0.3 is 37.9 Å². The van der Waals surface area contributed by atoms with E-state index in [0.717, 1.165) is 98.5 Å². The third kappa shape index (κ3) is 23.7. The smallest absolute Gasteiger partial charge is 0.122 e. The quantitative estimate of drug-likeness (QED) is 0.0841. The molecule has 8 nitrogen and oxygen atoms in total. The molecular formula is C116H168O8. The normalized spacial score (nSPS) is 17.5. The highest BCUT2D eigenvalue weighted by molar-refractivity contribution is 5.57. The zero-order valence-electron chi connectivity index (χ0n) is 84.6. The number of methoxy groups -OCH3 is 2. The van der Waals surface area contributed by atoms with Crippen LogP contribution in [0.2, 0.25) is 0 Å². The Balaban J connectivity index is 0.000000161. The molecule has 0 aliphatic heterocycles. The van der Waals surface area contributed by atoms with Crippen LogP contribution in [0.4, 0.5) is 0 Å². The van der Waals surface area contributed by atoms with Crippen molar-refractivity contribution in [2.24, 2.45) is 11.8 Å². The van der Waals surface area contributed by atoms with Gasteiger partial charge in [-0.3, -0.25) is 0 Å². The van der Waals surface area contributed by atoms with E-state index in [-0.39, 0.29) is 0 Å². The van der Waals surface area contributed by atoms with Gasteiger partial charge in [0.15, 0.2) is 0 Å². The first kappa shape index (κ1) is 99.9. The van der Waals surface area contributed by atoms with Gasteiger partial charge >= 0.3 is 0 Å². The molecule has 0 spiro atoms. The van der Waals surface area contributed by atoms with Crippen LogP contribution < -0.4 is 37.9 Å². The molecule has 8 heteroatoms. The maximum absolute atomic E-state index is 5.92. The van der Waals surface area contributed by atoms with Gasteiger partial charge in [0, 0.05) is 0 Å². The highest BCUT2D eigenvalue weighted by Crippen LogP contribution is 2.50. The zero-order chi connectivity index (χ0) is 91.6. The SMILES string of the molecule is CCCOc1cc2c(cc1C)CCC2(C)C.CCCOc1ccc2c(c1C)C(C)(C)CC2.CCOc1cc2c(cc1C)CCC2(C)C.CCOc1ccc2c(c1C)C(C)(C)CC2.COc1cc2c(cc1C)CCC2(C)C.COc1ccc2c(c1C)C(C)(C)CC2.Cc1c(OCC(C)C)ccc2c1C(C)(C)CC2.Cc1cc2c(cc1OCC(C)C)C(C)(C)CC2. The van der Waals surface area contributed by atoms with Gasteiger partial charge in [0.25, 0.3) is 0 Å². The largest absolute Gasteiger partial charge is 0.496 e. The minimum Gasteiger partial charge on any atom is -0.496 e.